The molecule has 0 amide bonds. The highest BCUT2D eigenvalue weighted by Crippen LogP contribution is 2.02. The van der Waals surface area contributed by atoms with Crippen LogP contribution in [0, 0.1) is 0 Å². The minimum Gasteiger partial charge on any atom is -0.481 e. The van der Waals surface area contributed by atoms with E-state index in [4.69, 9.17) is 9.47 Å². The first-order valence-corrected chi connectivity index (χ1v) is 3.05. The van der Waals surface area contributed by atoms with Crippen molar-refractivity contribution in [3.63, 3.8) is 0 Å². The van der Waals surface area contributed by atoms with Crippen molar-refractivity contribution in [3.05, 3.63) is 0 Å². The quantitative estimate of drug-likeness (QED) is 0.554. The number of hydrogen-bond acceptors (Lipinski definition) is 3. The standard InChI is InChI=1S/C6H11NO2/c1-8-3-2-6-4-9-5-7-6/h5-6H,2-4H2,1H3. The molecule has 0 N–H and O–H groups in total. The third kappa shape index (κ3) is 2.01. The zero-order chi connectivity index (χ0) is 6.53. The number of ether oxygens (including phenoxy) is 2. The Labute approximate surface area is 54.7 Å². The summed E-state index contributed by atoms with van der Waals surface area (Å²) in [5.41, 5.74) is 0. The number of nitrogens with zero attached hydrogens (tertiary/aromatic N) is 1. The second-order valence-electron chi connectivity index (χ2n) is 2.02. The van der Waals surface area contributed by atoms with Gasteiger partial charge in [-0.3, -0.25) is 4.99 Å². The maximum atomic E-state index is 4.91. The van der Waals surface area contributed by atoms with E-state index >= 15 is 0 Å². The molecule has 0 aromatic rings. The maximum absolute atomic E-state index is 4.91. The molecule has 1 aliphatic rings. The topological polar surface area (TPSA) is 30.8 Å². The van der Waals surface area contributed by atoms with E-state index in [0.717, 1.165) is 19.6 Å². The van der Waals surface area contributed by atoms with Crippen LogP contribution in [0.3, 0.4) is 0 Å². The van der Waals surface area contributed by atoms with Crippen LogP contribution in [0.5, 0.6) is 0 Å². The van der Waals surface area contributed by atoms with Gasteiger partial charge in [-0.25, -0.2) is 0 Å². The van der Waals surface area contributed by atoms with Gasteiger partial charge in [0.25, 0.3) is 0 Å². The van der Waals surface area contributed by atoms with E-state index in [0.29, 0.717) is 6.04 Å². The van der Waals surface area contributed by atoms with Crippen LogP contribution >= 0.6 is 0 Å². The van der Waals surface area contributed by atoms with Gasteiger partial charge in [0.1, 0.15) is 6.61 Å². The molecule has 52 valence electrons. The van der Waals surface area contributed by atoms with Crippen LogP contribution in [0.2, 0.25) is 0 Å². The van der Waals surface area contributed by atoms with E-state index < -0.39 is 0 Å². The molecule has 1 atom stereocenters. The highest BCUT2D eigenvalue weighted by molar-refractivity contribution is 5.48. The van der Waals surface area contributed by atoms with Crippen LogP contribution in [0.1, 0.15) is 6.42 Å². The molecule has 3 nitrogen and oxygen atoms in total. The first-order chi connectivity index (χ1) is 4.43. The second-order valence-corrected chi connectivity index (χ2v) is 2.02. The SMILES string of the molecule is COCCC1COC=N1. The highest BCUT2D eigenvalue weighted by atomic mass is 16.5. The third-order valence-corrected chi connectivity index (χ3v) is 1.29. The summed E-state index contributed by atoms with van der Waals surface area (Å²) in [6.07, 6.45) is 2.48. The van der Waals surface area contributed by atoms with Gasteiger partial charge >= 0.3 is 0 Å². The van der Waals surface area contributed by atoms with Crippen LogP contribution in [-0.4, -0.2) is 32.8 Å². The summed E-state index contributed by atoms with van der Waals surface area (Å²) in [4.78, 5) is 4.05. The third-order valence-electron chi connectivity index (χ3n) is 1.29. The first-order valence-electron chi connectivity index (χ1n) is 3.05. The molecular weight excluding hydrogens is 118 g/mol. The van der Waals surface area contributed by atoms with Gasteiger partial charge in [-0.05, 0) is 6.42 Å². The average Bonchev–Trinajstić information content (AvgIpc) is 2.34. The fourth-order valence-electron chi connectivity index (χ4n) is 0.738. The Morgan fingerprint density at radius 1 is 1.89 bits per heavy atom. The normalized spacial score (nSPS) is 24.3. The van der Waals surface area contributed by atoms with E-state index in [-0.39, 0.29) is 0 Å². The first kappa shape index (κ1) is 6.55. The Morgan fingerprint density at radius 2 is 2.78 bits per heavy atom. The molecule has 0 aromatic heterocycles. The average molecular weight is 129 g/mol. The van der Waals surface area contributed by atoms with Gasteiger partial charge in [0.15, 0.2) is 6.40 Å². The molecule has 9 heavy (non-hydrogen) atoms. The van der Waals surface area contributed by atoms with Crippen molar-refractivity contribution in [1.82, 2.24) is 0 Å². The molecule has 1 unspecified atom stereocenters. The van der Waals surface area contributed by atoms with Crippen molar-refractivity contribution in [2.75, 3.05) is 20.3 Å². The molecule has 0 aromatic carbocycles. The minimum absolute atomic E-state index is 0.338. The number of aliphatic imine (C=N–C) groups is 1. The van der Waals surface area contributed by atoms with Gasteiger partial charge in [0.2, 0.25) is 0 Å². The molecule has 0 bridgehead atoms. The number of rotatable bonds is 3. The van der Waals surface area contributed by atoms with Crippen LogP contribution in [0.4, 0.5) is 0 Å². The molecule has 0 spiro atoms. The molecule has 0 radical (unpaired) electrons. The van der Waals surface area contributed by atoms with Gasteiger partial charge in [-0.2, -0.15) is 0 Å². The predicted octanol–water partition coefficient (Wildman–Crippen LogP) is 0.450. The smallest absolute Gasteiger partial charge is 0.169 e. The van der Waals surface area contributed by atoms with E-state index in [1.54, 1.807) is 7.11 Å². The molecule has 3 heteroatoms. The predicted molar refractivity (Wildman–Crippen MR) is 34.7 cm³/mol. The largest absolute Gasteiger partial charge is 0.481 e. The Kier molecular flexibility index (Phi) is 2.51. The number of methoxy groups -OCH3 is 1. The lowest BCUT2D eigenvalue weighted by Crippen LogP contribution is -2.08. The molecule has 0 aliphatic carbocycles. The van der Waals surface area contributed by atoms with E-state index in [9.17, 15) is 0 Å². The molecular formula is C6H11NO2. The van der Waals surface area contributed by atoms with E-state index in [2.05, 4.69) is 4.99 Å². The van der Waals surface area contributed by atoms with Crippen molar-refractivity contribution in [2.24, 2.45) is 4.99 Å². The molecule has 0 saturated carbocycles. The van der Waals surface area contributed by atoms with E-state index in [1.807, 2.05) is 0 Å². The van der Waals surface area contributed by atoms with Gasteiger partial charge in [0, 0.05) is 13.7 Å². The highest BCUT2D eigenvalue weighted by Gasteiger charge is 2.09. The zero-order valence-electron chi connectivity index (χ0n) is 5.54. The summed E-state index contributed by atoms with van der Waals surface area (Å²) in [6, 6.07) is 0.338. The molecule has 0 saturated heterocycles. The maximum Gasteiger partial charge on any atom is 0.169 e. The number of hydrogen-bond donors (Lipinski definition) is 0. The Balaban J connectivity index is 2.05. The van der Waals surface area contributed by atoms with Crippen LogP contribution in [0.25, 0.3) is 0 Å². The van der Waals surface area contributed by atoms with Gasteiger partial charge in [-0.15, -0.1) is 0 Å². The Hall–Kier alpha value is -0.570. The van der Waals surface area contributed by atoms with Crippen molar-refractivity contribution in [3.8, 4) is 0 Å². The summed E-state index contributed by atoms with van der Waals surface area (Å²) in [7, 11) is 1.69. The molecule has 1 rings (SSSR count). The van der Waals surface area contributed by atoms with E-state index in [1.165, 1.54) is 6.40 Å². The molecule has 0 fully saturated rings. The summed E-state index contributed by atoms with van der Waals surface area (Å²) < 4.78 is 9.78. The van der Waals surface area contributed by atoms with Crippen molar-refractivity contribution >= 4 is 6.40 Å². The monoisotopic (exact) mass is 129 g/mol. The lowest BCUT2D eigenvalue weighted by molar-refractivity contribution is 0.181. The minimum atomic E-state index is 0.338. The van der Waals surface area contributed by atoms with Crippen molar-refractivity contribution in [1.29, 1.82) is 0 Å². The fourth-order valence-corrected chi connectivity index (χ4v) is 0.738. The van der Waals surface area contributed by atoms with Crippen LogP contribution < -0.4 is 0 Å². The van der Waals surface area contributed by atoms with Gasteiger partial charge in [-0.1, -0.05) is 0 Å². The van der Waals surface area contributed by atoms with Crippen molar-refractivity contribution < 1.29 is 9.47 Å². The summed E-state index contributed by atoms with van der Waals surface area (Å²) in [6.45, 7) is 1.49. The van der Waals surface area contributed by atoms with Crippen molar-refractivity contribution in [2.45, 2.75) is 12.5 Å². The Bertz CT molecular complexity index is 103. The summed E-state index contributed by atoms with van der Waals surface area (Å²) >= 11 is 0. The lowest BCUT2D eigenvalue weighted by atomic mass is 10.2. The summed E-state index contributed by atoms with van der Waals surface area (Å²) in [5.74, 6) is 0. The lowest BCUT2D eigenvalue weighted by Gasteiger charge is -2.01. The molecule has 1 heterocycles. The van der Waals surface area contributed by atoms with Gasteiger partial charge < -0.3 is 9.47 Å². The van der Waals surface area contributed by atoms with Crippen LogP contribution in [-0.2, 0) is 9.47 Å². The second kappa shape index (κ2) is 3.45. The summed E-state index contributed by atoms with van der Waals surface area (Å²) in [5, 5.41) is 0. The van der Waals surface area contributed by atoms with Crippen LogP contribution in [0.15, 0.2) is 4.99 Å². The Morgan fingerprint density at radius 3 is 3.33 bits per heavy atom. The molecule has 1 aliphatic heterocycles. The zero-order valence-corrected chi connectivity index (χ0v) is 5.54. The fraction of sp³-hybridized carbons (Fsp3) is 0.833. The van der Waals surface area contributed by atoms with Gasteiger partial charge in [0.05, 0.1) is 6.04 Å².